The molecule has 2 spiro atoms. The van der Waals surface area contributed by atoms with Gasteiger partial charge in [0, 0.05) is 28.4 Å². The lowest BCUT2D eigenvalue weighted by Crippen LogP contribution is -2.60. The second-order valence-electron chi connectivity index (χ2n) is 8.95. The third kappa shape index (κ3) is 3.12. The molecule has 3 atom stereocenters. The van der Waals surface area contributed by atoms with Gasteiger partial charge in [-0.1, -0.05) is 48.5 Å². The average molecular weight is 492 g/mol. The fourth-order valence-electron chi connectivity index (χ4n) is 6.34. The van der Waals surface area contributed by atoms with Gasteiger partial charge in [-0.2, -0.15) is 0 Å². The number of fused-ring (bicyclic) bond motifs is 3. The Morgan fingerprint density at radius 2 is 2.00 bits per heavy atom. The van der Waals surface area contributed by atoms with Crippen LogP contribution < -0.4 is 10.6 Å². The van der Waals surface area contributed by atoms with Gasteiger partial charge in [0.05, 0.1) is 6.61 Å². The van der Waals surface area contributed by atoms with Crippen LogP contribution in [-0.4, -0.2) is 35.0 Å². The van der Waals surface area contributed by atoms with Gasteiger partial charge in [0.25, 0.3) is 0 Å². The van der Waals surface area contributed by atoms with Gasteiger partial charge in [-0.25, -0.2) is 9.37 Å². The number of pyridine rings is 1. The van der Waals surface area contributed by atoms with E-state index in [-0.39, 0.29) is 23.2 Å². The Balaban J connectivity index is 1.83. The second-order valence-corrected chi connectivity index (χ2v) is 9.75. The largest absolute Gasteiger partial charge is 0.465 e. The van der Waals surface area contributed by atoms with Crippen LogP contribution in [0.5, 0.6) is 0 Å². The maximum absolute atomic E-state index is 15.5. The van der Waals surface area contributed by atoms with Crippen LogP contribution in [0.4, 0.5) is 10.1 Å². The number of ether oxygens (including phenoxy) is 1. The Morgan fingerprint density at radius 3 is 2.73 bits per heavy atom. The van der Waals surface area contributed by atoms with Crippen LogP contribution in [-0.2, 0) is 19.7 Å². The molecule has 5 rings (SSSR count). The van der Waals surface area contributed by atoms with Crippen LogP contribution in [0.15, 0.2) is 30.5 Å². The van der Waals surface area contributed by atoms with E-state index >= 15 is 4.39 Å². The summed E-state index contributed by atoms with van der Waals surface area (Å²) in [5.41, 5.74) is -0.569. The van der Waals surface area contributed by atoms with Crippen molar-refractivity contribution < 1.29 is 18.7 Å². The lowest BCUT2D eigenvalue weighted by Gasteiger charge is -2.47. The number of rotatable bonds is 3. The first kappa shape index (κ1) is 22.6. The molecule has 2 aliphatic heterocycles. The zero-order valence-electron chi connectivity index (χ0n) is 18.1. The van der Waals surface area contributed by atoms with E-state index < -0.39 is 34.7 Å². The molecule has 33 heavy (non-hydrogen) atoms. The number of hydrogen-bond acceptors (Lipinski definition) is 5. The third-order valence-corrected chi connectivity index (χ3v) is 7.96. The minimum Gasteiger partial charge on any atom is -0.465 e. The lowest BCUT2D eigenvalue weighted by molar-refractivity contribution is -0.145. The summed E-state index contributed by atoms with van der Waals surface area (Å²) in [6, 6.07) is 5.80. The number of nitrogens with zero attached hydrogens (tertiary/aromatic N) is 1. The highest BCUT2D eigenvalue weighted by Crippen LogP contribution is 2.62. The maximum atomic E-state index is 15.5. The quantitative estimate of drug-likeness (QED) is 0.478. The molecule has 2 N–H and O–H groups in total. The maximum Gasteiger partial charge on any atom is 0.323 e. The predicted octanol–water partition coefficient (Wildman–Crippen LogP) is 4.74. The van der Waals surface area contributed by atoms with Crippen molar-refractivity contribution in [2.45, 2.75) is 61.9 Å². The van der Waals surface area contributed by atoms with Gasteiger partial charge in [0.2, 0.25) is 5.91 Å². The highest BCUT2D eigenvalue weighted by molar-refractivity contribution is 6.31. The van der Waals surface area contributed by atoms with E-state index in [1.165, 1.54) is 12.3 Å². The Labute approximate surface area is 201 Å². The van der Waals surface area contributed by atoms with Crippen LogP contribution in [0.1, 0.15) is 56.1 Å². The molecular weight excluding hydrogens is 468 g/mol. The number of anilines is 1. The summed E-state index contributed by atoms with van der Waals surface area (Å²) < 4.78 is 20.9. The van der Waals surface area contributed by atoms with E-state index in [9.17, 15) is 9.59 Å². The zero-order valence-corrected chi connectivity index (χ0v) is 19.6. The number of nitrogens with one attached hydrogen (secondary N) is 2. The Kier molecular flexibility index (Phi) is 5.62. The number of benzene rings is 1. The van der Waals surface area contributed by atoms with Crippen molar-refractivity contribution in [2.24, 2.45) is 0 Å². The highest BCUT2D eigenvalue weighted by Gasteiger charge is 2.72. The van der Waals surface area contributed by atoms with Crippen LogP contribution in [0.25, 0.3) is 0 Å². The fourth-order valence-corrected chi connectivity index (χ4v) is 6.68. The molecule has 2 aromatic rings. The van der Waals surface area contributed by atoms with Gasteiger partial charge in [0.1, 0.15) is 11.5 Å². The highest BCUT2D eigenvalue weighted by atomic mass is 35.5. The smallest absolute Gasteiger partial charge is 0.323 e. The van der Waals surface area contributed by atoms with E-state index in [1.807, 2.05) is 6.07 Å². The molecular formula is C24H24Cl2FN3O3. The molecule has 0 radical (unpaired) electrons. The number of amides is 1. The van der Waals surface area contributed by atoms with E-state index in [0.717, 1.165) is 19.3 Å². The summed E-state index contributed by atoms with van der Waals surface area (Å²) in [6.07, 6.45) is 5.52. The molecule has 1 unspecified atom stereocenters. The van der Waals surface area contributed by atoms with Gasteiger partial charge >= 0.3 is 5.97 Å². The monoisotopic (exact) mass is 491 g/mol. The standard InChI is InChI=1S/C24H24Cl2FN3O3/c1-2-33-21(31)19-17(14-8-11-28-20(26)18(14)27)24(23(30-19)9-4-3-5-10-23)15-7-6-13(25)12-16(15)29-22(24)32/h6-8,11-12,17,19,30H,2-5,9-10H2,1H3,(H,29,32)/t17-,19?,24+/m0/s1. The summed E-state index contributed by atoms with van der Waals surface area (Å²) in [6.45, 7) is 1.89. The number of esters is 1. The van der Waals surface area contributed by atoms with Crippen molar-refractivity contribution in [1.29, 1.82) is 0 Å². The van der Waals surface area contributed by atoms with Crippen molar-refractivity contribution in [2.75, 3.05) is 11.9 Å². The molecule has 1 saturated carbocycles. The third-order valence-electron chi connectivity index (χ3n) is 7.46. The minimum atomic E-state index is -1.25. The van der Waals surface area contributed by atoms with Crippen LogP contribution >= 0.6 is 23.2 Å². The molecule has 2 fully saturated rings. The first-order valence-electron chi connectivity index (χ1n) is 11.2. The van der Waals surface area contributed by atoms with Crippen molar-refractivity contribution in [3.8, 4) is 0 Å². The summed E-state index contributed by atoms with van der Waals surface area (Å²) in [5, 5.41) is 6.66. The normalized spacial score (nSPS) is 27.6. The molecule has 3 heterocycles. The first-order valence-corrected chi connectivity index (χ1v) is 12.0. The van der Waals surface area contributed by atoms with Gasteiger partial charge < -0.3 is 10.1 Å². The SMILES string of the molecule is CCOC(=O)C1NC2(CCCCC2)[C@@]2(C(=O)Nc3cc(Cl)ccc32)[C@H]1c1ccnc(Cl)c1F. The molecule has 1 saturated heterocycles. The van der Waals surface area contributed by atoms with Crippen LogP contribution in [0.3, 0.4) is 0 Å². The summed E-state index contributed by atoms with van der Waals surface area (Å²) in [5.74, 6) is -2.43. The van der Waals surface area contributed by atoms with Gasteiger partial charge in [-0.3, -0.25) is 14.9 Å². The first-order chi connectivity index (χ1) is 15.9. The Bertz CT molecular complexity index is 1140. The number of aromatic nitrogens is 1. The molecule has 1 aromatic heterocycles. The molecule has 1 amide bonds. The average Bonchev–Trinajstić information content (AvgIpc) is 3.24. The van der Waals surface area contributed by atoms with Crippen LogP contribution in [0.2, 0.25) is 10.2 Å². The Morgan fingerprint density at radius 1 is 1.24 bits per heavy atom. The number of halogens is 3. The molecule has 6 nitrogen and oxygen atoms in total. The minimum absolute atomic E-state index is 0.168. The number of hydrogen-bond donors (Lipinski definition) is 2. The van der Waals surface area contributed by atoms with Gasteiger partial charge in [-0.05, 0) is 49.1 Å². The van der Waals surface area contributed by atoms with Crippen molar-refractivity contribution >= 4 is 40.8 Å². The molecule has 0 bridgehead atoms. The topological polar surface area (TPSA) is 80.3 Å². The van der Waals surface area contributed by atoms with Gasteiger partial charge in [0.15, 0.2) is 11.0 Å². The number of carbonyl (C=O) groups is 2. The van der Waals surface area contributed by atoms with Crippen molar-refractivity contribution in [3.05, 3.63) is 57.6 Å². The summed E-state index contributed by atoms with van der Waals surface area (Å²) in [4.78, 5) is 31.1. The fraction of sp³-hybridized carbons (Fsp3) is 0.458. The lowest BCUT2D eigenvalue weighted by atomic mass is 9.55. The second kappa shape index (κ2) is 8.22. The van der Waals surface area contributed by atoms with E-state index in [4.69, 9.17) is 27.9 Å². The van der Waals surface area contributed by atoms with Gasteiger partial charge in [-0.15, -0.1) is 0 Å². The van der Waals surface area contributed by atoms with E-state index in [1.54, 1.807) is 19.1 Å². The Hall–Kier alpha value is -2.22. The summed E-state index contributed by atoms with van der Waals surface area (Å²) >= 11 is 12.3. The van der Waals surface area contributed by atoms with E-state index in [2.05, 4.69) is 15.6 Å². The molecule has 9 heteroatoms. The molecule has 3 aliphatic rings. The number of carbonyl (C=O) groups excluding carboxylic acids is 2. The summed E-state index contributed by atoms with van der Waals surface area (Å²) in [7, 11) is 0. The predicted molar refractivity (Wildman–Crippen MR) is 123 cm³/mol. The van der Waals surface area contributed by atoms with E-state index in [0.29, 0.717) is 29.1 Å². The van der Waals surface area contributed by atoms with Crippen LogP contribution in [0, 0.1) is 5.82 Å². The van der Waals surface area contributed by atoms with Crippen molar-refractivity contribution in [1.82, 2.24) is 10.3 Å². The van der Waals surface area contributed by atoms with Crippen molar-refractivity contribution in [3.63, 3.8) is 0 Å². The molecule has 1 aliphatic carbocycles. The zero-order chi connectivity index (χ0) is 23.4. The molecule has 174 valence electrons. The molecule has 1 aromatic carbocycles.